The van der Waals surface area contributed by atoms with Crippen LogP contribution in [0.4, 0.5) is 0 Å². The molecule has 0 aliphatic rings. The zero-order chi connectivity index (χ0) is 12.9. The number of benzene rings is 3. The van der Waals surface area contributed by atoms with Crippen molar-refractivity contribution in [3.05, 3.63) is 91.0 Å². The van der Waals surface area contributed by atoms with Gasteiger partial charge in [-0.3, -0.25) is 0 Å². The van der Waals surface area contributed by atoms with E-state index in [1.54, 1.807) is 0 Å². The van der Waals surface area contributed by atoms with E-state index in [4.69, 9.17) is 0 Å². The molecule has 0 atom stereocenters. The zero-order valence-corrected chi connectivity index (χ0v) is 18.6. The van der Waals surface area contributed by atoms with Crippen LogP contribution in [0.25, 0.3) is 0 Å². The van der Waals surface area contributed by atoms with Gasteiger partial charge in [0.1, 0.15) is 0 Å². The average Bonchev–Trinajstić information content (AvgIpc) is 2.51. The maximum absolute atomic E-state index is 2.28. The van der Waals surface area contributed by atoms with Crippen molar-refractivity contribution in [2.45, 2.75) is 0 Å². The first-order valence-electron chi connectivity index (χ1n) is 6.40. The van der Waals surface area contributed by atoms with Gasteiger partial charge in [-0.1, -0.05) is 0 Å². The molecule has 3 aromatic rings. The third kappa shape index (κ3) is 4.97. The van der Waals surface area contributed by atoms with Crippen LogP contribution in [0.1, 0.15) is 0 Å². The van der Waals surface area contributed by atoms with Crippen LogP contribution >= 0.6 is 48.0 Å². The molecule has 0 unspecified atom stereocenters. The van der Waals surface area contributed by atoms with Crippen molar-refractivity contribution < 1.29 is 0 Å². The summed E-state index contributed by atoms with van der Waals surface area (Å²) in [6, 6.07) is 32.9. The van der Waals surface area contributed by atoms with E-state index in [0.29, 0.717) is 0 Å². The van der Waals surface area contributed by atoms with Crippen molar-refractivity contribution in [3.8, 4) is 0 Å². The van der Waals surface area contributed by atoms with Gasteiger partial charge in [0.2, 0.25) is 0 Å². The summed E-state index contributed by atoms with van der Waals surface area (Å²) in [7, 11) is 0. The fourth-order valence-electron chi connectivity index (χ4n) is 2.18. The van der Waals surface area contributed by atoms with Gasteiger partial charge in [0, 0.05) is 0 Å². The van der Waals surface area contributed by atoms with E-state index in [1.165, 1.54) is 10.5 Å². The van der Waals surface area contributed by atoms with Crippen LogP contribution < -0.4 is 10.5 Å². The Balaban J connectivity index is 0.00000110. The molecule has 0 amide bonds. The van der Waals surface area contributed by atoms with Crippen LogP contribution in [-0.2, 0) is 0 Å². The first kappa shape index (κ1) is 19.0. The second-order valence-corrected chi connectivity index (χ2v) is 10.7. The molecule has 21 heavy (non-hydrogen) atoms. The van der Waals surface area contributed by atoms with Gasteiger partial charge in [-0.2, -0.15) is 0 Å². The SMILES string of the molecule is I.I.c1cc[c]([Sb]([c]2ccccc2)[c]2ccccc2)cc1. The van der Waals surface area contributed by atoms with Gasteiger partial charge in [0.15, 0.2) is 0 Å². The van der Waals surface area contributed by atoms with Gasteiger partial charge in [0.25, 0.3) is 0 Å². The van der Waals surface area contributed by atoms with E-state index >= 15 is 0 Å². The van der Waals surface area contributed by atoms with Crippen LogP contribution in [0, 0.1) is 0 Å². The van der Waals surface area contributed by atoms with Crippen LogP contribution in [0.15, 0.2) is 91.0 Å². The Kier molecular flexibility index (Phi) is 8.91. The predicted octanol–water partition coefficient (Wildman–Crippen LogP) is 3.44. The number of hydrogen-bond donors (Lipinski definition) is 0. The number of halogens is 2. The Morgan fingerprint density at radius 1 is 0.381 bits per heavy atom. The molecule has 0 fully saturated rings. The summed E-state index contributed by atoms with van der Waals surface area (Å²) in [5, 5.41) is 0. The summed E-state index contributed by atoms with van der Waals surface area (Å²) in [6.07, 6.45) is 0. The van der Waals surface area contributed by atoms with Crippen LogP contribution in [0.2, 0.25) is 0 Å². The van der Waals surface area contributed by atoms with Crippen molar-refractivity contribution in [2.24, 2.45) is 0 Å². The molecule has 0 bridgehead atoms. The van der Waals surface area contributed by atoms with Gasteiger partial charge < -0.3 is 0 Å². The molecule has 3 heteroatoms. The van der Waals surface area contributed by atoms with Crippen LogP contribution in [-0.4, -0.2) is 20.2 Å². The molecule has 3 rings (SSSR count). The third-order valence-corrected chi connectivity index (χ3v) is 10.0. The summed E-state index contributed by atoms with van der Waals surface area (Å²) in [5.41, 5.74) is 0. The second-order valence-electron chi connectivity index (χ2n) is 4.34. The molecule has 0 aliphatic heterocycles. The molecule has 0 aromatic heterocycles. The first-order valence-corrected chi connectivity index (χ1v) is 10.2. The molecular weight excluding hydrogens is 592 g/mol. The first-order chi connectivity index (χ1) is 9.45. The minimum absolute atomic E-state index is 0. The van der Waals surface area contributed by atoms with Crippen molar-refractivity contribution in [2.75, 3.05) is 0 Å². The van der Waals surface area contributed by atoms with Gasteiger partial charge in [-0.05, 0) is 0 Å². The molecule has 0 saturated carbocycles. The number of hydrogen-bond acceptors (Lipinski definition) is 0. The molecule has 0 radical (unpaired) electrons. The Morgan fingerprint density at radius 2 is 0.619 bits per heavy atom. The van der Waals surface area contributed by atoms with Gasteiger partial charge in [0.05, 0.1) is 0 Å². The molecule has 0 nitrogen and oxygen atoms in total. The van der Waals surface area contributed by atoms with E-state index in [9.17, 15) is 0 Å². The summed E-state index contributed by atoms with van der Waals surface area (Å²) >= 11 is -1.83. The van der Waals surface area contributed by atoms with Gasteiger partial charge in [-0.15, -0.1) is 48.0 Å². The van der Waals surface area contributed by atoms with Crippen molar-refractivity contribution in [1.29, 1.82) is 0 Å². The Morgan fingerprint density at radius 3 is 0.857 bits per heavy atom. The van der Waals surface area contributed by atoms with Crippen LogP contribution in [0.3, 0.4) is 0 Å². The Bertz CT molecular complexity index is 533. The molecule has 108 valence electrons. The molecular formula is C18H17I2Sb. The molecule has 0 saturated heterocycles. The van der Waals surface area contributed by atoms with Crippen molar-refractivity contribution in [1.82, 2.24) is 0 Å². The standard InChI is InChI=1S/3C6H5.2HI.Sb/c3*1-2-4-6-5-3-1;;;/h3*1-5H;2*1H;. The van der Waals surface area contributed by atoms with Gasteiger partial charge >= 0.3 is 122 Å². The molecule has 0 N–H and O–H groups in total. The molecule has 0 aliphatic carbocycles. The van der Waals surface area contributed by atoms with Crippen molar-refractivity contribution >= 4 is 78.7 Å². The van der Waals surface area contributed by atoms with E-state index in [1.807, 2.05) is 0 Å². The topological polar surface area (TPSA) is 0 Å². The second kappa shape index (κ2) is 9.85. The monoisotopic (exact) mass is 608 g/mol. The fraction of sp³-hybridized carbons (Fsp3) is 0. The molecule has 0 heterocycles. The summed E-state index contributed by atoms with van der Waals surface area (Å²) in [5.74, 6) is 0. The molecule has 3 aromatic carbocycles. The van der Waals surface area contributed by atoms with E-state index in [0.717, 1.165) is 0 Å². The van der Waals surface area contributed by atoms with Gasteiger partial charge in [-0.25, -0.2) is 0 Å². The van der Waals surface area contributed by atoms with Crippen molar-refractivity contribution in [3.63, 3.8) is 0 Å². The maximum atomic E-state index is 2.28. The Labute approximate surface area is 168 Å². The number of rotatable bonds is 3. The summed E-state index contributed by atoms with van der Waals surface area (Å²) in [6.45, 7) is 0. The Hall–Kier alpha value is -0.0618. The summed E-state index contributed by atoms with van der Waals surface area (Å²) < 4.78 is 4.55. The third-order valence-electron chi connectivity index (χ3n) is 3.04. The van der Waals surface area contributed by atoms with Crippen LogP contribution in [0.5, 0.6) is 0 Å². The average molecular weight is 609 g/mol. The van der Waals surface area contributed by atoms with E-state index < -0.39 is 20.2 Å². The predicted molar refractivity (Wildman–Crippen MR) is 115 cm³/mol. The quantitative estimate of drug-likeness (QED) is 0.316. The minimum atomic E-state index is -1.83. The van der Waals surface area contributed by atoms with E-state index in [2.05, 4.69) is 91.0 Å². The zero-order valence-electron chi connectivity index (χ0n) is 11.4. The van der Waals surface area contributed by atoms with E-state index in [-0.39, 0.29) is 48.0 Å². The molecule has 0 spiro atoms. The normalized spacial score (nSPS) is 9.57. The fourth-order valence-corrected chi connectivity index (χ4v) is 8.76. The summed E-state index contributed by atoms with van der Waals surface area (Å²) in [4.78, 5) is 0.